The van der Waals surface area contributed by atoms with E-state index in [1.807, 2.05) is 21.8 Å². The number of hydrogen-bond acceptors (Lipinski definition) is 4. The zero-order valence-corrected chi connectivity index (χ0v) is 17.1. The normalized spacial score (nSPS) is 11.2. The molecular formula is C22H24N6. The van der Waals surface area contributed by atoms with Crippen LogP contribution in [0.1, 0.15) is 33.4 Å². The van der Waals surface area contributed by atoms with E-state index in [1.54, 1.807) is 0 Å². The Kier molecular flexibility index (Phi) is 4.34. The van der Waals surface area contributed by atoms with Crippen molar-refractivity contribution in [1.82, 2.24) is 30.0 Å². The molecule has 6 heteroatoms. The number of aromatic nitrogens is 6. The first-order valence-corrected chi connectivity index (χ1v) is 9.35. The van der Waals surface area contributed by atoms with Gasteiger partial charge in [0.15, 0.2) is 0 Å². The highest BCUT2D eigenvalue weighted by Gasteiger charge is 2.15. The molecule has 6 nitrogen and oxygen atoms in total. The molecule has 0 amide bonds. The molecule has 0 saturated heterocycles. The SMILES string of the molecule is Cc1cc(C)c(-n2cc(-c3cn(-c4c(C)cc(C)cc4C)nn3)nn2)c(C)c1. The summed E-state index contributed by atoms with van der Waals surface area (Å²) in [6.07, 6.45) is 3.82. The predicted molar refractivity (Wildman–Crippen MR) is 110 cm³/mol. The van der Waals surface area contributed by atoms with Crippen LogP contribution in [0.15, 0.2) is 36.7 Å². The van der Waals surface area contributed by atoms with Gasteiger partial charge in [-0.1, -0.05) is 45.8 Å². The van der Waals surface area contributed by atoms with E-state index in [0.29, 0.717) is 11.4 Å². The molecule has 2 aromatic heterocycles. The van der Waals surface area contributed by atoms with Crippen molar-refractivity contribution >= 4 is 0 Å². The van der Waals surface area contributed by atoms with Crippen LogP contribution in [0.4, 0.5) is 0 Å². The minimum Gasteiger partial charge on any atom is -0.220 e. The van der Waals surface area contributed by atoms with Gasteiger partial charge in [-0.25, -0.2) is 9.36 Å². The number of nitrogens with zero attached hydrogens (tertiary/aromatic N) is 6. The van der Waals surface area contributed by atoms with Gasteiger partial charge in [-0.3, -0.25) is 0 Å². The lowest BCUT2D eigenvalue weighted by Gasteiger charge is -2.10. The first kappa shape index (κ1) is 18.1. The first-order valence-electron chi connectivity index (χ1n) is 9.35. The molecule has 0 aliphatic rings. The van der Waals surface area contributed by atoms with Crippen LogP contribution in [-0.2, 0) is 0 Å². The average Bonchev–Trinajstić information content (AvgIpc) is 3.22. The Bertz CT molecular complexity index is 1040. The second-order valence-electron chi connectivity index (χ2n) is 7.59. The molecule has 0 saturated carbocycles. The van der Waals surface area contributed by atoms with Crippen molar-refractivity contribution in [3.8, 4) is 22.8 Å². The summed E-state index contributed by atoms with van der Waals surface area (Å²) >= 11 is 0. The van der Waals surface area contributed by atoms with E-state index in [0.717, 1.165) is 11.4 Å². The molecule has 2 aromatic carbocycles. The predicted octanol–water partition coefficient (Wildman–Crippen LogP) is 4.37. The third-order valence-electron chi connectivity index (χ3n) is 4.98. The Labute approximate surface area is 164 Å². The van der Waals surface area contributed by atoms with Crippen molar-refractivity contribution in [2.24, 2.45) is 0 Å². The lowest BCUT2D eigenvalue weighted by molar-refractivity contribution is 0.791. The molecule has 2 heterocycles. The Morgan fingerprint density at radius 3 is 1.18 bits per heavy atom. The number of aryl methyl sites for hydroxylation is 6. The molecule has 0 unspecified atom stereocenters. The van der Waals surface area contributed by atoms with E-state index >= 15 is 0 Å². The molecule has 28 heavy (non-hydrogen) atoms. The van der Waals surface area contributed by atoms with Crippen LogP contribution in [0.3, 0.4) is 0 Å². The van der Waals surface area contributed by atoms with E-state index in [1.165, 1.54) is 33.4 Å². The third-order valence-corrected chi connectivity index (χ3v) is 4.98. The van der Waals surface area contributed by atoms with Gasteiger partial charge in [0.1, 0.15) is 11.4 Å². The fraction of sp³-hybridized carbons (Fsp3) is 0.273. The summed E-state index contributed by atoms with van der Waals surface area (Å²) in [6.45, 7) is 12.6. The lowest BCUT2D eigenvalue weighted by Crippen LogP contribution is -2.01. The minimum absolute atomic E-state index is 0.702. The molecule has 0 aliphatic heterocycles. The Balaban J connectivity index is 1.72. The minimum atomic E-state index is 0.702. The standard InChI is InChI=1S/C22H24N6/c1-13-7-15(3)21(16(4)8-13)27-11-19(23-25-27)20-12-28(26-24-20)22-17(5)9-14(2)10-18(22)6/h7-12H,1-6H3. The van der Waals surface area contributed by atoms with Gasteiger partial charge in [-0.05, 0) is 63.8 Å². The molecule has 0 fully saturated rings. The fourth-order valence-electron chi connectivity index (χ4n) is 4.05. The van der Waals surface area contributed by atoms with Gasteiger partial charge < -0.3 is 0 Å². The van der Waals surface area contributed by atoms with Crippen LogP contribution < -0.4 is 0 Å². The second-order valence-corrected chi connectivity index (χ2v) is 7.59. The van der Waals surface area contributed by atoms with E-state index in [-0.39, 0.29) is 0 Å². The second kappa shape index (κ2) is 6.71. The van der Waals surface area contributed by atoms with Crippen molar-refractivity contribution in [3.05, 3.63) is 70.0 Å². The quantitative estimate of drug-likeness (QED) is 0.536. The van der Waals surface area contributed by atoms with Gasteiger partial charge in [-0.2, -0.15) is 0 Å². The van der Waals surface area contributed by atoms with E-state index in [9.17, 15) is 0 Å². The average molecular weight is 372 g/mol. The molecule has 4 rings (SSSR count). The molecular weight excluding hydrogens is 348 g/mol. The third kappa shape index (κ3) is 3.11. The van der Waals surface area contributed by atoms with Crippen LogP contribution in [0.25, 0.3) is 22.8 Å². The topological polar surface area (TPSA) is 61.4 Å². The van der Waals surface area contributed by atoms with Gasteiger partial charge in [-0.15, -0.1) is 10.2 Å². The van der Waals surface area contributed by atoms with Crippen LogP contribution >= 0.6 is 0 Å². The zero-order chi connectivity index (χ0) is 20.0. The molecule has 0 atom stereocenters. The molecule has 0 radical (unpaired) electrons. The Hall–Kier alpha value is -3.28. The first-order chi connectivity index (χ1) is 13.3. The van der Waals surface area contributed by atoms with Crippen molar-refractivity contribution in [1.29, 1.82) is 0 Å². The summed E-state index contributed by atoms with van der Waals surface area (Å²) in [7, 11) is 0. The smallest absolute Gasteiger partial charge is 0.135 e. The van der Waals surface area contributed by atoms with E-state index in [2.05, 4.69) is 86.4 Å². The van der Waals surface area contributed by atoms with Gasteiger partial charge >= 0.3 is 0 Å². The number of benzene rings is 2. The maximum absolute atomic E-state index is 4.33. The van der Waals surface area contributed by atoms with Crippen molar-refractivity contribution < 1.29 is 0 Å². The van der Waals surface area contributed by atoms with Crippen LogP contribution in [0.5, 0.6) is 0 Å². The van der Waals surface area contributed by atoms with Crippen LogP contribution in [0.2, 0.25) is 0 Å². The summed E-state index contributed by atoms with van der Waals surface area (Å²) in [6, 6.07) is 8.62. The van der Waals surface area contributed by atoms with Crippen LogP contribution in [0, 0.1) is 41.5 Å². The van der Waals surface area contributed by atoms with E-state index < -0.39 is 0 Å². The molecule has 0 N–H and O–H groups in total. The summed E-state index contributed by atoms with van der Waals surface area (Å²) in [5.41, 5.74) is 10.7. The summed E-state index contributed by atoms with van der Waals surface area (Å²) in [5.74, 6) is 0. The van der Waals surface area contributed by atoms with Crippen LogP contribution in [-0.4, -0.2) is 30.0 Å². The highest BCUT2D eigenvalue weighted by atomic mass is 15.5. The highest BCUT2D eigenvalue weighted by molar-refractivity contribution is 5.56. The van der Waals surface area contributed by atoms with E-state index in [4.69, 9.17) is 0 Å². The summed E-state index contributed by atoms with van der Waals surface area (Å²) in [5, 5.41) is 17.3. The van der Waals surface area contributed by atoms with Crippen molar-refractivity contribution in [2.45, 2.75) is 41.5 Å². The zero-order valence-electron chi connectivity index (χ0n) is 17.1. The van der Waals surface area contributed by atoms with Gasteiger partial charge in [0.05, 0.1) is 23.8 Å². The van der Waals surface area contributed by atoms with Gasteiger partial charge in [0.2, 0.25) is 0 Å². The van der Waals surface area contributed by atoms with Crippen molar-refractivity contribution in [2.75, 3.05) is 0 Å². The van der Waals surface area contributed by atoms with Gasteiger partial charge in [0, 0.05) is 0 Å². The van der Waals surface area contributed by atoms with Gasteiger partial charge in [0.25, 0.3) is 0 Å². The fourth-order valence-corrected chi connectivity index (χ4v) is 4.05. The Morgan fingerprint density at radius 2 is 0.857 bits per heavy atom. The lowest BCUT2D eigenvalue weighted by atomic mass is 10.1. The molecule has 0 aliphatic carbocycles. The monoisotopic (exact) mass is 372 g/mol. The number of hydrogen-bond donors (Lipinski definition) is 0. The Morgan fingerprint density at radius 1 is 0.536 bits per heavy atom. The molecule has 142 valence electrons. The molecule has 0 spiro atoms. The summed E-state index contributed by atoms with van der Waals surface area (Å²) in [4.78, 5) is 0. The summed E-state index contributed by atoms with van der Waals surface area (Å²) < 4.78 is 3.64. The molecule has 0 bridgehead atoms. The largest absolute Gasteiger partial charge is 0.220 e. The highest BCUT2D eigenvalue weighted by Crippen LogP contribution is 2.24. The maximum atomic E-state index is 4.33. The maximum Gasteiger partial charge on any atom is 0.135 e. The van der Waals surface area contributed by atoms with Crippen molar-refractivity contribution in [3.63, 3.8) is 0 Å². The molecule has 4 aromatic rings. The number of rotatable bonds is 3.